The molecule has 0 fully saturated rings. The van der Waals surface area contributed by atoms with Crippen LogP contribution < -0.4 is 16.2 Å². The number of nitrogens with zero attached hydrogens (tertiary/aromatic N) is 3. The number of carbonyl (C=O) groups excluding carboxylic acids is 1. The Hall–Kier alpha value is -3.29. The van der Waals surface area contributed by atoms with Gasteiger partial charge in [0.05, 0.1) is 29.6 Å². The molecule has 2 rings (SSSR count). The highest BCUT2D eigenvalue weighted by Gasteiger charge is 2.37. The van der Waals surface area contributed by atoms with Crippen LogP contribution in [0, 0.1) is 0 Å². The number of carboxylic acids is 1. The van der Waals surface area contributed by atoms with Crippen molar-refractivity contribution < 1.29 is 28.2 Å². The Balaban J connectivity index is 2.25. The van der Waals surface area contributed by atoms with Crippen LogP contribution in [0.25, 0.3) is 0 Å². The van der Waals surface area contributed by atoms with Crippen molar-refractivity contribution in [3.63, 3.8) is 0 Å². The first kappa shape index (κ1) is 24.0. The summed E-state index contributed by atoms with van der Waals surface area (Å²) in [5, 5.41) is 19.4. The van der Waals surface area contributed by atoms with Crippen LogP contribution in [0.15, 0.2) is 57.1 Å². The van der Waals surface area contributed by atoms with E-state index in [1.807, 2.05) is 0 Å². The molecular formula is C18H24N6O6S. The van der Waals surface area contributed by atoms with E-state index >= 15 is 0 Å². The van der Waals surface area contributed by atoms with Crippen molar-refractivity contribution in [2.75, 3.05) is 13.2 Å². The smallest absolute Gasteiger partial charge is 0.326 e. The van der Waals surface area contributed by atoms with Gasteiger partial charge in [-0.2, -0.15) is 4.72 Å². The summed E-state index contributed by atoms with van der Waals surface area (Å²) in [7, 11) is -4.14. The normalized spacial score (nSPS) is 14.7. The maximum atomic E-state index is 13.1. The molecule has 31 heavy (non-hydrogen) atoms. The third-order valence-corrected chi connectivity index (χ3v) is 5.78. The molecule has 1 aliphatic heterocycles. The van der Waals surface area contributed by atoms with Crippen LogP contribution in [-0.4, -0.2) is 72.8 Å². The number of benzene rings is 1. The Labute approximate surface area is 179 Å². The molecule has 0 saturated carbocycles. The minimum Gasteiger partial charge on any atom is -0.480 e. The third-order valence-electron chi connectivity index (χ3n) is 4.29. The molecule has 0 unspecified atom stereocenters. The van der Waals surface area contributed by atoms with Gasteiger partial charge in [-0.1, -0.05) is 18.2 Å². The van der Waals surface area contributed by atoms with E-state index in [1.54, 1.807) is 6.07 Å². The first-order valence-corrected chi connectivity index (χ1v) is 10.7. The number of hydrogen-bond donors (Lipinski definition) is 5. The van der Waals surface area contributed by atoms with Crippen LogP contribution in [0.1, 0.15) is 12.8 Å². The average molecular weight is 452 g/mol. The Morgan fingerprint density at radius 2 is 1.87 bits per heavy atom. The van der Waals surface area contributed by atoms with E-state index in [0.29, 0.717) is 0 Å². The molecule has 1 aromatic carbocycles. The van der Waals surface area contributed by atoms with E-state index in [-0.39, 0.29) is 35.9 Å². The molecular weight excluding hydrogens is 428 g/mol. The number of nitrogens with one attached hydrogen (secondary N) is 1. The number of aliphatic carboxylic acids is 1. The first-order valence-electron chi connectivity index (χ1n) is 9.20. The van der Waals surface area contributed by atoms with E-state index in [0.717, 1.165) is 4.90 Å². The van der Waals surface area contributed by atoms with Gasteiger partial charge in [-0.05, 0) is 25.0 Å². The minimum absolute atomic E-state index is 0.0212. The third kappa shape index (κ3) is 6.34. The topological polar surface area (TPSA) is 201 Å². The van der Waals surface area contributed by atoms with Gasteiger partial charge in [-0.3, -0.25) is 19.7 Å². The molecule has 0 saturated heterocycles. The summed E-state index contributed by atoms with van der Waals surface area (Å²) in [6.07, 6.45) is 2.75. The number of rotatable bonds is 12. The number of nitrogens with two attached hydrogens (primary N) is 2. The fraction of sp³-hybridized carbons (Fsp3) is 0.333. The van der Waals surface area contributed by atoms with E-state index in [9.17, 15) is 28.2 Å². The number of allylic oxidation sites excluding steroid dienone is 1. The molecule has 0 spiro atoms. The van der Waals surface area contributed by atoms with Gasteiger partial charge < -0.3 is 21.7 Å². The van der Waals surface area contributed by atoms with Crippen molar-refractivity contribution >= 4 is 34.1 Å². The van der Waals surface area contributed by atoms with Gasteiger partial charge in [0, 0.05) is 6.54 Å². The Morgan fingerprint density at radius 1 is 1.23 bits per heavy atom. The maximum Gasteiger partial charge on any atom is 0.326 e. The quantitative estimate of drug-likeness (QED) is 0.144. The number of hydrogen-bond acceptors (Lipinski definition) is 7. The molecule has 1 aromatic rings. The van der Waals surface area contributed by atoms with Gasteiger partial charge in [-0.25, -0.2) is 13.2 Å². The van der Waals surface area contributed by atoms with Crippen molar-refractivity contribution in [1.29, 1.82) is 0 Å². The highest BCUT2D eigenvalue weighted by Crippen LogP contribution is 2.20. The van der Waals surface area contributed by atoms with Gasteiger partial charge in [0.2, 0.25) is 15.9 Å². The summed E-state index contributed by atoms with van der Waals surface area (Å²) in [6, 6.07) is 4.31. The van der Waals surface area contributed by atoms with Crippen LogP contribution in [0.2, 0.25) is 0 Å². The van der Waals surface area contributed by atoms with E-state index in [1.165, 1.54) is 36.7 Å². The standard InChI is InChI=1S/C18H24N6O6S/c19-18(20)22-8-4-7-15(17(27)28)24(12-9-21-10-12)16(26)14(11-25)23-31(29,30)13-5-2-1-3-6-13/h1-3,5-6,9-10,14-15,23,25H,4,7-8,11H2,(H,27,28)(H4,19,20,22)/t14-,15+/m1/s1. The fourth-order valence-electron chi connectivity index (χ4n) is 2.77. The molecule has 0 aromatic heterocycles. The molecule has 0 bridgehead atoms. The number of aliphatic imine (C=N–C) groups is 2. The van der Waals surface area contributed by atoms with Crippen LogP contribution >= 0.6 is 0 Å². The van der Waals surface area contributed by atoms with Crippen LogP contribution in [0.4, 0.5) is 0 Å². The molecule has 1 heterocycles. The second-order valence-electron chi connectivity index (χ2n) is 6.51. The number of guanidine groups is 1. The zero-order valence-corrected chi connectivity index (χ0v) is 17.3. The average Bonchev–Trinajstić information content (AvgIpc) is 2.69. The van der Waals surface area contributed by atoms with Gasteiger partial charge >= 0.3 is 5.97 Å². The maximum absolute atomic E-state index is 13.1. The molecule has 1 aliphatic rings. The summed E-state index contributed by atoms with van der Waals surface area (Å²) in [5.74, 6) is -2.40. The lowest BCUT2D eigenvalue weighted by molar-refractivity contribution is -0.149. The summed E-state index contributed by atoms with van der Waals surface area (Å²) >= 11 is 0. The minimum atomic E-state index is -4.14. The molecule has 13 heteroatoms. The van der Waals surface area contributed by atoms with E-state index < -0.39 is 40.6 Å². The lowest BCUT2D eigenvalue weighted by Crippen LogP contribution is -2.55. The van der Waals surface area contributed by atoms with Crippen molar-refractivity contribution in [1.82, 2.24) is 9.62 Å². The number of aliphatic hydroxyl groups excluding tert-OH is 1. The lowest BCUT2D eigenvalue weighted by Gasteiger charge is -2.33. The zero-order chi connectivity index (χ0) is 23.0. The lowest BCUT2D eigenvalue weighted by atomic mass is 10.1. The Morgan fingerprint density at radius 3 is 2.35 bits per heavy atom. The van der Waals surface area contributed by atoms with Gasteiger partial charge in [-0.15, -0.1) is 0 Å². The van der Waals surface area contributed by atoms with Crippen LogP contribution in [0.3, 0.4) is 0 Å². The summed E-state index contributed by atoms with van der Waals surface area (Å²) in [4.78, 5) is 33.3. The molecule has 2 atom stereocenters. The zero-order valence-electron chi connectivity index (χ0n) is 16.5. The highest BCUT2D eigenvalue weighted by molar-refractivity contribution is 7.89. The van der Waals surface area contributed by atoms with Gasteiger partial charge in [0.1, 0.15) is 12.1 Å². The van der Waals surface area contributed by atoms with Crippen LogP contribution in [0.5, 0.6) is 0 Å². The molecule has 7 N–H and O–H groups in total. The predicted octanol–water partition coefficient (Wildman–Crippen LogP) is -1.41. The Bertz CT molecular complexity index is 988. The highest BCUT2D eigenvalue weighted by atomic mass is 32.2. The summed E-state index contributed by atoms with van der Waals surface area (Å²) in [5.41, 5.74) is 10.7. The number of carboxylic acid groups (broad SMARTS) is 1. The van der Waals surface area contributed by atoms with E-state index in [2.05, 4.69) is 14.7 Å². The number of amides is 1. The predicted molar refractivity (Wildman–Crippen MR) is 112 cm³/mol. The molecule has 168 valence electrons. The van der Waals surface area contributed by atoms with Crippen molar-refractivity contribution in [3.8, 4) is 0 Å². The molecule has 1 amide bonds. The monoisotopic (exact) mass is 452 g/mol. The van der Waals surface area contributed by atoms with Crippen molar-refractivity contribution in [3.05, 3.63) is 42.2 Å². The largest absolute Gasteiger partial charge is 0.480 e. The van der Waals surface area contributed by atoms with Gasteiger partial charge in [0.15, 0.2) is 5.96 Å². The summed E-state index contributed by atoms with van der Waals surface area (Å²) < 4.78 is 27.3. The molecule has 0 radical (unpaired) electrons. The second-order valence-corrected chi connectivity index (χ2v) is 8.23. The number of carbonyl (C=O) groups is 2. The Kier molecular flexibility index (Phi) is 8.24. The number of sulfonamides is 1. The van der Waals surface area contributed by atoms with E-state index in [4.69, 9.17) is 11.5 Å². The van der Waals surface area contributed by atoms with Crippen molar-refractivity contribution in [2.24, 2.45) is 21.5 Å². The number of aliphatic hydroxyl groups is 1. The summed E-state index contributed by atoms with van der Waals surface area (Å²) in [6.45, 7) is -0.739. The fourth-order valence-corrected chi connectivity index (χ4v) is 3.97. The molecule has 12 nitrogen and oxygen atoms in total. The first-order chi connectivity index (χ1) is 14.7. The molecule has 0 aliphatic carbocycles. The second kappa shape index (κ2) is 10.7. The SMILES string of the molecule is NC(N)=NCCC[C@@H](C(=O)O)N(C(=O)[C@@H](CO)NS(=O)(=O)c1ccccc1)C1=CN=C1. The van der Waals surface area contributed by atoms with Crippen LogP contribution in [-0.2, 0) is 19.6 Å². The van der Waals surface area contributed by atoms with Gasteiger partial charge in [0.25, 0.3) is 0 Å². The van der Waals surface area contributed by atoms with Crippen molar-refractivity contribution in [2.45, 2.75) is 29.8 Å².